The summed E-state index contributed by atoms with van der Waals surface area (Å²) < 4.78 is 5.43. The van der Waals surface area contributed by atoms with Crippen molar-refractivity contribution >= 4 is 11.6 Å². The molecule has 1 aromatic carbocycles. The van der Waals surface area contributed by atoms with Crippen molar-refractivity contribution in [2.75, 3.05) is 18.5 Å². The fraction of sp³-hybridized carbons (Fsp3) is 0.500. The van der Waals surface area contributed by atoms with Crippen molar-refractivity contribution in [3.63, 3.8) is 0 Å². The lowest BCUT2D eigenvalue weighted by Gasteiger charge is -2.09. The fourth-order valence-corrected chi connectivity index (χ4v) is 1.51. The molecule has 0 saturated heterocycles. The van der Waals surface area contributed by atoms with Crippen LogP contribution < -0.4 is 10.6 Å². The highest BCUT2D eigenvalue weighted by Crippen LogP contribution is 2.09. The third-order valence-corrected chi connectivity index (χ3v) is 2.33. The van der Waals surface area contributed by atoms with Gasteiger partial charge in [-0.25, -0.2) is 0 Å². The Balaban J connectivity index is 2.24. The van der Waals surface area contributed by atoms with E-state index in [1.165, 1.54) is 12.5 Å². The maximum absolute atomic E-state index is 10.9. The second kappa shape index (κ2) is 7.84. The van der Waals surface area contributed by atoms with Crippen LogP contribution in [0, 0.1) is 0 Å². The van der Waals surface area contributed by atoms with E-state index in [0.29, 0.717) is 0 Å². The van der Waals surface area contributed by atoms with Crippen molar-refractivity contribution in [2.45, 2.75) is 33.4 Å². The Morgan fingerprint density at radius 1 is 1.28 bits per heavy atom. The van der Waals surface area contributed by atoms with Gasteiger partial charge < -0.3 is 15.4 Å². The van der Waals surface area contributed by atoms with Gasteiger partial charge in [0.25, 0.3) is 0 Å². The van der Waals surface area contributed by atoms with Gasteiger partial charge in [-0.3, -0.25) is 4.79 Å². The average molecular weight is 250 g/mol. The summed E-state index contributed by atoms with van der Waals surface area (Å²) in [6.07, 6.45) is 0.281. The Morgan fingerprint density at radius 2 is 1.94 bits per heavy atom. The van der Waals surface area contributed by atoms with Gasteiger partial charge in [0.05, 0.1) is 12.7 Å². The molecule has 0 aliphatic carbocycles. The fourth-order valence-electron chi connectivity index (χ4n) is 1.51. The molecule has 0 aliphatic heterocycles. The molecule has 0 aliphatic rings. The van der Waals surface area contributed by atoms with Crippen molar-refractivity contribution in [1.29, 1.82) is 0 Å². The second-order valence-electron chi connectivity index (χ2n) is 4.47. The van der Waals surface area contributed by atoms with Crippen molar-refractivity contribution in [2.24, 2.45) is 0 Å². The molecule has 0 atom stereocenters. The number of benzene rings is 1. The van der Waals surface area contributed by atoms with Gasteiger partial charge in [-0.05, 0) is 31.5 Å². The minimum Gasteiger partial charge on any atom is -0.377 e. The first-order valence-electron chi connectivity index (χ1n) is 6.27. The number of hydrogen-bond donors (Lipinski definition) is 2. The summed E-state index contributed by atoms with van der Waals surface area (Å²) in [6.45, 7) is 7.93. The number of carbonyl (C=O) groups is 1. The molecule has 100 valence electrons. The van der Waals surface area contributed by atoms with Crippen molar-refractivity contribution in [1.82, 2.24) is 5.32 Å². The van der Waals surface area contributed by atoms with Gasteiger partial charge in [0.1, 0.15) is 0 Å². The normalized spacial score (nSPS) is 10.7. The standard InChI is InChI=1S/C14H22N2O2/c1-11(2)18-9-8-15-10-13-4-6-14(7-5-13)16-12(3)17/h4-7,11,15H,8-10H2,1-3H3,(H,16,17). The van der Waals surface area contributed by atoms with Crippen LogP contribution in [-0.2, 0) is 16.1 Å². The number of ether oxygens (including phenoxy) is 1. The maximum atomic E-state index is 10.9. The molecule has 0 unspecified atom stereocenters. The zero-order valence-corrected chi connectivity index (χ0v) is 11.3. The van der Waals surface area contributed by atoms with E-state index < -0.39 is 0 Å². The summed E-state index contributed by atoms with van der Waals surface area (Å²) in [5, 5.41) is 6.05. The molecule has 0 saturated carbocycles. The Hall–Kier alpha value is -1.39. The summed E-state index contributed by atoms with van der Waals surface area (Å²) in [5.74, 6) is -0.0493. The van der Waals surface area contributed by atoms with Gasteiger partial charge in [0.15, 0.2) is 0 Å². The molecule has 2 N–H and O–H groups in total. The molecule has 1 amide bonds. The molecular weight excluding hydrogens is 228 g/mol. The van der Waals surface area contributed by atoms with E-state index in [0.717, 1.165) is 25.4 Å². The van der Waals surface area contributed by atoms with E-state index in [-0.39, 0.29) is 12.0 Å². The van der Waals surface area contributed by atoms with Crippen LogP contribution in [0.2, 0.25) is 0 Å². The predicted molar refractivity (Wildman–Crippen MR) is 73.5 cm³/mol. The molecule has 0 spiro atoms. The zero-order chi connectivity index (χ0) is 13.4. The minimum absolute atomic E-state index is 0.0493. The van der Waals surface area contributed by atoms with Crippen LogP contribution in [-0.4, -0.2) is 25.2 Å². The summed E-state index contributed by atoms with van der Waals surface area (Å²) in [6, 6.07) is 7.81. The van der Waals surface area contributed by atoms with Crippen LogP contribution in [0.1, 0.15) is 26.3 Å². The highest BCUT2D eigenvalue weighted by atomic mass is 16.5. The lowest BCUT2D eigenvalue weighted by atomic mass is 10.2. The zero-order valence-electron chi connectivity index (χ0n) is 11.3. The van der Waals surface area contributed by atoms with Gasteiger partial charge in [-0.1, -0.05) is 12.1 Å². The number of nitrogens with one attached hydrogen (secondary N) is 2. The highest BCUT2D eigenvalue weighted by molar-refractivity contribution is 5.88. The lowest BCUT2D eigenvalue weighted by molar-refractivity contribution is -0.114. The summed E-state index contributed by atoms with van der Waals surface area (Å²) in [5.41, 5.74) is 2.02. The largest absolute Gasteiger partial charge is 0.377 e. The molecule has 0 bridgehead atoms. The summed E-state index contributed by atoms with van der Waals surface area (Å²) >= 11 is 0. The van der Waals surface area contributed by atoms with Gasteiger partial charge in [0.2, 0.25) is 5.91 Å². The molecule has 1 rings (SSSR count). The third-order valence-electron chi connectivity index (χ3n) is 2.33. The van der Waals surface area contributed by atoms with Crippen LogP contribution >= 0.6 is 0 Å². The molecule has 4 heteroatoms. The Morgan fingerprint density at radius 3 is 2.50 bits per heavy atom. The maximum Gasteiger partial charge on any atom is 0.221 e. The van der Waals surface area contributed by atoms with Gasteiger partial charge in [-0.2, -0.15) is 0 Å². The average Bonchev–Trinajstić information content (AvgIpc) is 2.30. The molecule has 1 aromatic rings. The SMILES string of the molecule is CC(=O)Nc1ccc(CNCCOC(C)C)cc1. The number of hydrogen-bond acceptors (Lipinski definition) is 3. The van der Waals surface area contributed by atoms with Crippen LogP contribution in [0.15, 0.2) is 24.3 Å². The van der Waals surface area contributed by atoms with Gasteiger partial charge in [0, 0.05) is 25.7 Å². The summed E-state index contributed by atoms with van der Waals surface area (Å²) in [7, 11) is 0. The summed E-state index contributed by atoms with van der Waals surface area (Å²) in [4.78, 5) is 10.9. The Kier molecular flexibility index (Phi) is 6.39. The highest BCUT2D eigenvalue weighted by Gasteiger charge is 1.97. The minimum atomic E-state index is -0.0493. The topological polar surface area (TPSA) is 50.4 Å². The molecule has 0 fully saturated rings. The van der Waals surface area contributed by atoms with E-state index in [2.05, 4.69) is 10.6 Å². The quantitative estimate of drug-likeness (QED) is 0.729. The Bertz CT molecular complexity index is 361. The number of carbonyl (C=O) groups excluding carboxylic acids is 1. The smallest absolute Gasteiger partial charge is 0.221 e. The first-order valence-corrected chi connectivity index (χ1v) is 6.27. The third kappa shape index (κ3) is 6.37. The second-order valence-corrected chi connectivity index (χ2v) is 4.47. The lowest BCUT2D eigenvalue weighted by Crippen LogP contribution is -2.20. The molecule has 18 heavy (non-hydrogen) atoms. The van der Waals surface area contributed by atoms with E-state index >= 15 is 0 Å². The number of anilines is 1. The molecule has 0 radical (unpaired) electrons. The van der Waals surface area contributed by atoms with Gasteiger partial charge in [-0.15, -0.1) is 0 Å². The van der Waals surface area contributed by atoms with E-state index in [1.54, 1.807) is 0 Å². The number of rotatable bonds is 7. The predicted octanol–water partition coefficient (Wildman–Crippen LogP) is 2.16. The molecule has 0 aromatic heterocycles. The van der Waals surface area contributed by atoms with Crippen LogP contribution in [0.25, 0.3) is 0 Å². The van der Waals surface area contributed by atoms with Crippen molar-refractivity contribution < 1.29 is 9.53 Å². The van der Waals surface area contributed by atoms with Gasteiger partial charge >= 0.3 is 0 Å². The number of amides is 1. The Labute approximate surface area is 109 Å². The first-order chi connectivity index (χ1) is 8.58. The van der Waals surface area contributed by atoms with E-state index in [9.17, 15) is 4.79 Å². The molecule has 4 nitrogen and oxygen atoms in total. The molecular formula is C14H22N2O2. The van der Waals surface area contributed by atoms with E-state index in [4.69, 9.17) is 4.74 Å². The van der Waals surface area contributed by atoms with E-state index in [1.807, 2.05) is 38.1 Å². The van der Waals surface area contributed by atoms with Crippen LogP contribution in [0.5, 0.6) is 0 Å². The van der Waals surface area contributed by atoms with Crippen LogP contribution in [0.3, 0.4) is 0 Å². The monoisotopic (exact) mass is 250 g/mol. The van der Waals surface area contributed by atoms with Crippen molar-refractivity contribution in [3.05, 3.63) is 29.8 Å². The van der Waals surface area contributed by atoms with Crippen LogP contribution in [0.4, 0.5) is 5.69 Å². The van der Waals surface area contributed by atoms with Crippen molar-refractivity contribution in [3.8, 4) is 0 Å². The molecule has 0 heterocycles. The first kappa shape index (κ1) is 14.7.